The third kappa shape index (κ3) is 1.35. The van der Waals surface area contributed by atoms with Crippen LogP contribution < -0.4 is 0 Å². The van der Waals surface area contributed by atoms with Gasteiger partial charge in [0.15, 0.2) is 0 Å². The Hall–Kier alpha value is -1.49. The molecule has 1 aromatic heterocycles. The molecule has 0 unspecified atom stereocenters. The number of benzene rings is 1. The van der Waals surface area contributed by atoms with Crippen molar-refractivity contribution in [1.29, 1.82) is 0 Å². The minimum atomic E-state index is -0.445. The standard InChI is InChI=1S/C8H6ClFN4/c1-5-7(14-4-11-12-13-14)3-2-6(9)8(5)10/h2-4H,1H3. The molecule has 72 valence electrons. The summed E-state index contributed by atoms with van der Waals surface area (Å²) >= 11 is 5.61. The predicted octanol–water partition coefficient (Wildman–Crippen LogP) is 1.76. The van der Waals surface area contributed by atoms with Crippen LogP contribution in [-0.4, -0.2) is 20.2 Å². The van der Waals surface area contributed by atoms with Gasteiger partial charge in [-0.05, 0) is 29.5 Å². The topological polar surface area (TPSA) is 43.6 Å². The van der Waals surface area contributed by atoms with Crippen LogP contribution in [0.4, 0.5) is 4.39 Å². The highest BCUT2D eigenvalue weighted by Crippen LogP contribution is 2.22. The van der Waals surface area contributed by atoms with Gasteiger partial charge in [-0.25, -0.2) is 9.07 Å². The fourth-order valence-corrected chi connectivity index (χ4v) is 1.37. The van der Waals surface area contributed by atoms with Crippen LogP contribution in [0.15, 0.2) is 18.5 Å². The van der Waals surface area contributed by atoms with Gasteiger partial charge in [-0.1, -0.05) is 11.6 Å². The van der Waals surface area contributed by atoms with Gasteiger partial charge in [0.05, 0.1) is 10.7 Å². The van der Waals surface area contributed by atoms with E-state index in [4.69, 9.17) is 11.6 Å². The second kappa shape index (κ2) is 3.34. The minimum Gasteiger partial charge on any atom is -0.205 e. The van der Waals surface area contributed by atoms with E-state index in [0.717, 1.165) is 0 Å². The van der Waals surface area contributed by atoms with Crippen molar-refractivity contribution in [3.63, 3.8) is 0 Å². The third-order valence-corrected chi connectivity index (χ3v) is 2.20. The minimum absolute atomic E-state index is 0.0966. The van der Waals surface area contributed by atoms with Crippen molar-refractivity contribution in [2.45, 2.75) is 6.92 Å². The number of hydrogen-bond acceptors (Lipinski definition) is 3. The van der Waals surface area contributed by atoms with Gasteiger partial charge in [0, 0.05) is 5.56 Å². The van der Waals surface area contributed by atoms with E-state index in [0.29, 0.717) is 11.3 Å². The molecule has 14 heavy (non-hydrogen) atoms. The first-order chi connectivity index (χ1) is 6.70. The zero-order valence-corrected chi connectivity index (χ0v) is 8.03. The Morgan fingerprint density at radius 3 is 2.86 bits per heavy atom. The van der Waals surface area contributed by atoms with Crippen LogP contribution in [0.2, 0.25) is 5.02 Å². The zero-order valence-electron chi connectivity index (χ0n) is 7.28. The molecule has 0 saturated carbocycles. The van der Waals surface area contributed by atoms with Crippen molar-refractivity contribution < 1.29 is 4.39 Å². The second-order valence-corrected chi connectivity index (χ2v) is 3.17. The molecule has 0 N–H and O–H groups in total. The van der Waals surface area contributed by atoms with Crippen molar-refractivity contribution in [3.05, 3.63) is 34.9 Å². The largest absolute Gasteiger partial charge is 0.205 e. The third-order valence-electron chi connectivity index (χ3n) is 1.91. The Bertz CT molecular complexity index is 455. The monoisotopic (exact) mass is 212 g/mol. The van der Waals surface area contributed by atoms with Gasteiger partial charge in [0.1, 0.15) is 12.1 Å². The Balaban J connectivity index is 2.61. The van der Waals surface area contributed by atoms with Gasteiger partial charge in [-0.3, -0.25) is 0 Å². The molecule has 0 bridgehead atoms. The van der Waals surface area contributed by atoms with Crippen molar-refractivity contribution in [2.75, 3.05) is 0 Å². The van der Waals surface area contributed by atoms with E-state index in [-0.39, 0.29) is 5.02 Å². The van der Waals surface area contributed by atoms with Crippen molar-refractivity contribution in [3.8, 4) is 5.69 Å². The molecule has 0 aliphatic rings. The van der Waals surface area contributed by atoms with Crippen molar-refractivity contribution in [1.82, 2.24) is 20.2 Å². The smallest absolute Gasteiger partial charge is 0.146 e. The molecule has 1 heterocycles. The van der Waals surface area contributed by atoms with Gasteiger partial charge < -0.3 is 0 Å². The number of hydrogen-bond donors (Lipinski definition) is 0. The lowest BCUT2D eigenvalue weighted by Gasteiger charge is -2.05. The van der Waals surface area contributed by atoms with E-state index >= 15 is 0 Å². The van der Waals surface area contributed by atoms with Crippen LogP contribution in [-0.2, 0) is 0 Å². The molecule has 0 aliphatic heterocycles. The molecule has 6 heteroatoms. The van der Waals surface area contributed by atoms with Gasteiger partial charge >= 0.3 is 0 Å². The maximum Gasteiger partial charge on any atom is 0.146 e. The molecule has 0 amide bonds. The van der Waals surface area contributed by atoms with Crippen LogP contribution >= 0.6 is 11.6 Å². The molecular formula is C8H6ClFN4. The van der Waals surface area contributed by atoms with Gasteiger partial charge in [0.2, 0.25) is 0 Å². The first-order valence-electron chi connectivity index (χ1n) is 3.88. The summed E-state index contributed by atoms with van der Waals surface area (Å²) in [6, 6.07) is 3.14. The number of tetrazole rings is 1. The van der Waals surface area contributed by atoms with Crippen LogP contribution in [0.5, 0.6) is 0 Å². The normalized spacial score (nSPS) is 10.5. The lowest BCUT2D eigenvalue weighted by molar-refractivity contribution is 0.615. The maximum absolute atomic E-state index is 13.4. The molecule has 2 rings (SSSR count). The average molecular weight is 213 g/mol. The summed E-state index contributed by atoms with van der Waals surface area (Å²) in [6.45, 7) is 1.62. The number of rotatable bonds is 1. The summed E-state index contributed by atoms with van der Waals surface area (Å²) in [7, 11) is 0. The SMILES string of the molecule is Cc1c(-n2cnnn2)ccc(Cl)c1F. The first kappa shape index (κ1) is 9.08. The summed E-state index contributed by atoms with van der Waals surface area (Å²) in [4.78, 5) is 0. The quantitative estimate of drug-likeness (QED) is 0.724. The van der Waals surface area contributed by atoms with Crippen LogP contribution in [0.25, 0.3) is 5.69 Å². The first-order valence-corrected chi connectivity index (χ1v) is 4.26. The molecular weight excluding hydrogens is 207 g/mol. The van der Waals surface area contributed by atoms with Crippen molar-refractivity contribution in [2.24, 2.45) is 0 Å². The summed E-state index contributed by atoms with van der Waals surface area (Å²) < 4.78 is 14.8. The molecule has 0 aliphatic carbocycles. The predicted molar refractivity (Wildman–Crippen MR) is 48.9 cm³/mol. The molecule has 2 aromatic rings. The Kier molecular flexibility index (Phi) is 2.17. The van der Waals surface area contributed by atoms with E-state index in [1.165, 1.54) is 17.1 Å². The van der Waals surface area contributed by atoms with Gasteiger partial charge in [-0.2, -0.15) is 0 Å². The lowest BCUT2D eigenvalue weighted by atomic mass is 10.2. The molecule has 0 fully saturated rings. The van der Waals surface area contributed by atoms with Crippen LogP contribution in [0.3, 0.4) is 0 Å². The summed E-state index contributed by atoms with van der Waals surface area (Å²) in [5.74, 6) is -0.445. The molecule has 0 atom stereocenters. The highest BCUT2D eigenvalue weighted by atomic mass is 35.5. The van der Waals surface area contributed by atoms with E-state index in [9.17, 15) is 4.39 Å². The van der Waals surface area contributed by atoms with Crippen LogP contribution in [0, 0.1) is 12.7 Å². The van der Waals surface area contributed by atoms with Crippen LogP contribution in [0.1, 0.15) is 5.56 Å². The van der Waals surface area contributed by atoms with Crippen molar-refractivity contribution >= 4 is 11.6 Å². The van der Waals surface area contributed by atoms with E-state index in [1.807, 2.05) is 0 Å². The Morgan fingerprint density at radius 1 is 1.43 bits per heavy atom. The van der Waals surface area contributed by atoms with Gasteiger partial charge in [-0.15, -0.1) is 5.10 Å². The zero-order chi connectivity index (χ0) is 10.1. The lowest BCUT2D eigenvalue weighted by Crippen LogP contribution is -2.00. The van der Waals surface area contributed by atoms with E-state index in [1.54, 1.807) is 13.0 Å². The molecule has 1 aromatic carbocycles. The summed E-state index contributed by atoms with van der Waals surface area (Å²) in [5, 5.41) is 10.7. The average Bonchev–Trinajstić information content (AvgIpc) is 2.67. The molecule has 4 nitrogen and oxygen atoms in total. The Morgan fingerprint density at radius 2 is 2.21 bits per heavy atom. The molecule has 0 spiro atoms. The van der Waals surface area contributed by atoms with E-state index in [2.05, 4.69) is 15.5 Å². The summed E-state index contributed by atoms with van der Waals surface area (Å²) in [6.07, 6.45) is 1.40. The maximum atomic E-state index is 13.4. The number of halogens is 2. The van der Waals surface area contributed by atoms with E-state index < -0.39 is 5.82 Å². The Labute approximate surface area is 84.3 Å². The molecule has 0 saturated heterocycles. The molecule has 0 radical (unpaired) electrons. The highest BCUT2D eigenvalue weighted by molar-refractivity contribution is 6.30. The summed E-state index contributed by atoms with van der Waals surface area (Å²) in [5.41, 5.74) is 1.00. The second-order valence-electron chi connectivity index (χ2n) is 2.76. The fourth-order valence-electron chi connectivity index (χ4n) is 1.16. The number of nitrogens with zero attached hydrogens (tertiary/aromatic N) is 4. The number of aromatic nitrogens is 4. The fraction of sp³-hybridized carbons (Fsp3) is 0.125. The van der Waals surface area contributed by atoms with Gasteiger partial charge in [0.25, 0.3) is 0 Å². The highest BCUT2D eigenvalue weighted by Gasteiger charge is 2.09.